The number of benzene rings is 3. The predicted molar refractivity (Wildman–Crippen MR) is 181 cm³/mol. The first-order chi connectivity index (χ1) is 21.3. The molecule has 3 aromatic rings. The van der Waals surface area contributed by atoms with Crippen molar-refractivity contribution in [2.45, 2.75) is 95.9 Å². The Balaban J connectivity index is 1.47. The van der Waals surface area contributed by atoms with Crippen molar-refractivity contribution in [3.63, 3.8) is 0 Å². The maximum Gasteiger partial charge on any atom is 0.411 e. The number of aliphatic hydroxyl groups is 1. The van der Waals surface area contributed by atoms with Crippen molar-refractivity contribution in [2.75, 3.05) is 13.2 Å². The van der Waals surface area contributed by atoms with Crippen LogP contribution in [0.15, 0.2) is 78.9 Å². The number of fused-ring (bicyclic) bond motifs is 1. The SMILES string of the molecule is CC(C)(C)OC(=O)N1CCC[C@@]1(CCO)C(=O)N[C@@H]1CCc2ccc(O[Si](c3ccccc3)(c3ccccc3)C(C)(C)C)cc21. The first-order valence-electron chi connectivity index (χ1n) is 16.2. The molecular weight excluding hydrogens is 581 g/mol. The summed E-state index contributed by atoms with van der Waals surface area (Å²) in [6.07, 6.45) is 2.39. The number of ether oxygens (including phenoxy) is 1. The highest BCUT2D eigenvalue weighted by Crippen LogP contribution is 2.41. The van der Waals surface area contributed by atoms with Crippen molar-refractivity contribution in [3.05, 3.63) is 90.0 Å². The second-order valence-electron chi connectivity index (χ2n) is 14.4. The Labute approximate surface area is 269 Å². The summed E-state index contributed by atoms with van der Waals surface area (Å²) in [5.74, 6) is 0.543. The van der Waals surface area contributed by atoms with Crippen molar-refractivity contribution < 1.29 is 23.9 Å². The number of carbonyl (C=O) groups is 2. The zero-order chi connectivity index (χ0) is 32.5. The predicted octanol–water partition coefficient (Wildman–Crippen LogP) is 5.88. The van der Waals surface area contributed by atoms with Crippen LogP contribution in [0.1, 0.15) is 84.4 Å². The van der Waals surface area contributed by atoms with E-state index in [1.54, 1.807) is 0 Å². The Bertz CT molecular complexity index is 1460. The Morgan fingerprint density at radius 2 is 1.58 bits per heavy atom. The van der Waals surface area contributed by atoms with E-state index in [-0.39, 0.29) is 30.0 Å². The highest BCUT2D eigenvalue weighted by molar-refractivity contribution is 7.00. The van der Waals surface area contributed by atoms with Crippen LogP contribution in [0.2, 0.25) is 5.04 Å². The molecule has 8 heteroatoms. The van der Waals surface area contributed by atoms with Crippen molar-refractivity contribution >= 4 is 30.7 Å². The van der Waals surface area contributed by atoms with Gasteiger partial charge in [0.05, 0.1) is 6.04 Å². The van der Waals surface area contributed by atoms with Crippen LogP contribution in [0.5, 0.6) is 5.75 Å². The minimum Gasteiger partial charge on any atom is -0.534 e. The fraction of sp³-hybridized carbons (Fsp3) is 0.459. The first kappa shape index (κ1) is 32.8. The van der Waals surface area contributed by atoms with E-state index in [1.165, 1.54) is 20.8 Å². The summed E-state index contributed by atoms with van der Waals surface area (Å²) >= 11 is 0. The molecule has 0 unspecified atom stereocenters. The molecule has 1 aliphatic heterocycles. The molecule has 1 aliphatic carbocycles. The molecule has 2 amide bonds. The number of nitrogens with zero attached hydrogens (tertiary/aromatic N) is 1. The number of hydrogen-bond acceptors (Lipinski definition) is 5. The third-order valence-electron chi connectivity index (χ3n) is 9.24. The molecule has 1 heterocycles. The average Bonchev–Trinajstić information content (AvgIpc) is 3.60. The van der Waals surface area contributed by atoms with Gasteiger partial charge < -0.3 is 19.6 Å². The van der Waals surface area contributed by atoms with E-state index in [2.05, 4.69) is 92.8 Å². The fourth-order valence-electron chi connectivity index (χ4n) is 7.17. The van der Waals surface area contributed by atoms with Gasteiger partial charge in [0.15, 0.2) is 0 Å². The summed E-state index contributed by atoms with van der Waals surface area (Å²) in [6.45, 7) is 12.4. The lowest BCUT2D eigenvalue weighted by atomic mass is 9.90. The van der Waals surface area contributed by atoms with E-state index in [9.17, 15) is 14.7 Å². The molecule has 2 atom stereocenters. The monoisotopic (exact) mass is 628 g/mol. The summed E-state index contributed by atoms with van der Waals surface area (Å²) in [4.78, 5) is 28.9. The molecule has 3 aromatic carbocycles. The van der Waals surface area contributed by atoms with Crippen LogP contribution < -0.4 is 20.1 Å². The van der Waals surface area contributed by atoms with Crippen LogP contribution in [-0.2, 0) is 16.0 Å². The number of aryl methyl sites for hydroxylation is 1. The summed E-state index contributed by atoms with van der Waals surface area (Å²) in [5.41, 5.74) is 0.386. The molecule has 45 heavy (non-hydrogen) atoms. The van der Waals surface area contributed by atoms with Gasteiger partial charge in [0.1, 0.15) is 16.9 Å². The van der Waals surface area contributed by atoms with Gasteiger partial charge in [-0.25, -0.2) is 4.79 Å². The first-order valence-corrected chi connectivity index (χ1v) is 18.1. The van der Waals surface area contributed by atoms with Crippen LogP contribution in [0, 0.1) is 0 Å². The van der Waals surface area contributed by atoms with Crippen molar-refractivity contribution in [1.29, 1.82) is 0 Å². The van der Waals surface area contributed by atoms with Gasteiger partial charge in [0.25, 0.3) is 0 Å². The number of likely N-dealkylation sites (tertiary alicyclic amines) is 1. The molecule has 0 bridgehead atoms. The molecule has 240 valence electrons. The van der Waals surface area contributed by atoms with E-state index in [4.69, 9.17) is 9.16 Å². The van der Waals surface area contributed by atoms with Gasteiger partial charge in [-0.3, -0.25) is 9.69 Å². The quantitative estimate of drug-likeness (QED) is 0.304. The van der Waals surface area contributed by atoms with Crippen LogP contribution >= 0.6 is 0 Å². The van der Waals surface area contributed by atoms with E-state index >= 15 is 0 Å². The average molecular weight is 629 g/mol. The highest BCUT2D eigenvalue weighted by atomic mass is 28.4. The van der Waals surface area contributed by atoms with E-state index in [0.29, 0.717) is 19.4 Å². The fourth-order valence-corrected chi connectivity index (χ4v) is 11.6. The van der Waals surface area contributed by atoms with Gasteiger partial charge in [-0.1, -0.05) is 87.5 Å². The maximum atomic E-state index is 14.1. The van der Waals surface area contributed by atoms with Crippen LogP contribution in [-0.4, -0.2) is 54.6 Å². The van der Waals surface area contributed by atoms with Crippen LogP contribution in [0.3, 0.4) is 0 Å². The van der Waals surface area contributed by atoms with Gasteiger partial charge in [-0.05, 0) is 85.1 Å². The van der Waals surface area contributed by atoms with Gasteiger partial charge in [0, 0.05) is 19.6 Å². The minimum atomic E-state index is -2.84. The van der Waals surface area contributed by atoms with Gasteiger partial charge in [-0.2, -0.15) is 0 Å². The molecule has 2 N–H and O–H groups in total. The zero-order valence-electron chi connectivity index (χ0n) is 27.6. The lowest BCUT2D eigenvalue weighted by molar-refractivity contribution is -0.133. The number of nitrogens with one attached hydrogen (secondary N) is 1. The molecule has 7 nitrogen and oxygen atoms in total. The summed E-state index contributed by atoms with van der Waals surface area (Å²) in [7, 11) is -2.84. The largest absolute Gasteiger partial charge is 0.534 e. The molecule has 5 rings (SSSR count). The zero-order valence-corrected chi connectivity index (χ0v) is 28.6. The summed E-state index contributed by atoms with van der Waals surface area (Å²) in [6, 6.07) is 27.2. The third-order valence-corrected chi connectivity index (χ3v) is 14.2. The Kier molecular flexibility index (Phi) is 9.20. The van der Waals surface area contributed by atoms with Crippen LogP contribution in [0.25, 0.3) is 0 Å². The highest BCUT2D eigenvalue weighted by Gasteiger charge is 2.53. The summed E-state index contributed by atoms with van der Waals surface area (Å²) < 4.78 is 13.0. The molecule has 1 saturated heterocycles. The topological polar surface area (TPSA) is 88.1 Å². The third kappa shape index (κ3) is 6.40. The van der Waals surface area contributed by atoms with Crippen molar-refractivity contribution in [1.82, 2.24) is 10.2 Å². The smallest absolute Gasteiger partial charge is 0.411 e. The van der Waals surface area contributed by atoms with Gasteiger partial charge >= 0.3 is 14.4 Å². The van der Waals surface area contributed by atoms with Gasteiger partial charge in [0.2, 0.25) is 5.91 Å². The number of aliphatic hydroxyl groups excluding tert-OH is 1. The molecule has 2 aliphatic rings. The van der Waals surface area contributed by atoms with E-state index in [0.717, 1.165) is 24.2 Å². The standard InChI is InChI=1S/C37H48N2O5Si/c1-35(2,3)43-34(42)39-24-13-22-37(39,23-25-40)33(41)38-32-21-19-27-18-20-28(26-31(27)32)44-45(36(4,5)6,29-14-9-7-10-15-29)30-16-11-8-12-17-30/h7-12,14-18,20,26,32,40H,13,19,21-25H2,1-6H3,(H,38,41)/t32-,37-/m1/s1. The maximum absolute atomic E-state index is 14.1. The van der Waals surface area contributed by atoms with Crippen molar-refractivity contribution in [2.24, 2.45) is 0 Å². The van der Waals surface area contributed by atoms with Crippen molar-refractivity contribution in [3.8, 4) is 5.75 Å². The molecule has 0 spiro atoms. The Hall–Kier alpha value is -3.62. The van der Waals surface area contributed by atoms with E-state index in [1.807, 2.05) is 32.9 Å². The normalized spacial score (nSPS) is 20.1. The van der Waals surface area contributed by atoms with Gasteiger partial charge in [-0.15, -0.1) is 0 Å². The molecule has 0 aromatic heterocycles. The van der Waals surface area contributed by atoms with E-state index < -0.39 is 25.6 Å². The summed E-state index contributed by atoms with van der Waals surface area (Å²) in [5, 5.41) is 15.5. The molecule has 0 saturated carbocycles. The lowest BCUT2D eigenvalue weighted by Gasteiger charge is -2.43. The second-order valence-corrected chi connectivity index (χ2v) is 18.7. The Morgan fingerprint density at radius 1 is 0.956 bits per heavy atom. The molecular formula is C37H48N2O5Si. The van der Waals surface area contributed by atoms with Crippen LogP contribution in [0.4, 0.5) is 4.79 Å². The number of amides is 2. The number of rotatable bonds is 8. The second kappa shape index (κ2) is 12.6. The Morgan fingerprint density at radius 3 is 2.13 bits per heavy atom. The lowest BCUT2D eigenvalue weighted by Crippen LogP contribution is -2.68. The number of hydrogen-bond donors (Lipinski definition) is 2. The molecule has 0 radical (unpaired) electrons. The minimum absolute atomic E-state index is 0.161. The molecule has 1 fully saturated rings. The number of carbonyl (C=O) groups excluding carboxylic acids is 2.